The molecular weight excluding hydrogens is 284 g/mol. The van der Waals surface area contributed by atoms with Gasteiger partial charge in [-0.05, 0) is 19.4 Å². The summed E-state index contributed by atoms with van der Waals surface area (Å²) in [7, 11) is 0. The summed E-state index contributed by atoms with van der Waals surface area (Å²) in [5.41, 5.74) is 7.25. The summed E-state index contributed by atoms with van der Waals surface area (Å²) < 4.78 is 1.77. The van der Waals surface area contributed by atoms with E-state index in [4.69, 9.17) is 18.0 Å². The predicted molar refractivity (Wildman–Crippen MR) is 87.3 cm³/mol. The molecule has 6 heteroatoms. The van der Waals surface area contributed by atoms with Crippen molar-refractivity contribution in [1.82, 2.24) is 9.78 Å². The van der Waals surface area contributed by atoms with Crippen LogP contribution in [0.5, 0.6) is 0 Å². The van der Waals surface area contributed by atoms with Crippen LogP contribution in [0.4, 0.5) is 5.82 Å². The van der Waals surface area contributed by atoms with Crippen LogP contribution in [0.15, 0.2) is 36.5 Å². The molecule has 21 heavy (non-hydrogen) atoms. The van der Waals surface area contributed by atoms with E-state index >= 15 is 0 Å². The maximum Gasteiger partial charge on any atom is 0.229 e. The molecule has 2 aromatic rings. The quantitative estimate of drug-likeness (QED) is 0.831. The van der Waals surface area contributed by atoms with Gasteiger partial charge in [-0.2, -0.15) is 5.10 Å². The maximum absolute atomic E-state index is 12.1. The molecule has 0 aliphatic carbocycles. The maximum atomic E-state index is 12.1. The molecule has 0 spiro atoms. The second kappa shape index (κ2) is 6.49. The second-order valence-electron chi connectivity index (χ2n) is 5.04. The highest BCUT2D eigenvalue weighted by molar-refractivity contribution is 7.80. The molecule has 0 saturated carbocycles. The van der Waals surface area contributed by atoms with Crippen LogP contribution in [0.3, 0.4) is 0 Å². The van der Waals surface area contributed by atoms with Gasteiger partial charge in [0.2, 0.25) is 5.91 Å². The van der Waals surface area contributed by atoms with Crippen LogP contribution < -0.4 is 11.1 Å². The number of hydrogen-bond donors (Lipinski definition) is 2. The highest BCUT2D eigenvalue weighted by Gasteiger charge is 2.10. The largest absolute Gasteiger partial charge is 0.389 e. The molecule has 110 valence electrons. The van der Waals surface area contributed by atoms with Crippen LogP contribution in [0.2, 0.25) is 0 Å². The number of carbonyl (C=O) groups excluding carboxylic acids is 1. The summed E-state index contributed by atoms with van der Waals surface area (Å²) in [6.07, 6.45) is 1.97. The first kappa shape index (κ1) is 15.2. The summed E-state index contributed by atoms with van der Waals surface area (Å²) in [6.45, 7) is 4.02. The van der Waals surface area contributed by atoms with Crippen LogP contribution in [0, 0.1) is 0 Å². The van der Waals surface area contributed by atoms with E-state index in [-0.39, 0.29) is 11.9 Å². The highest BCUT2D eigenvalue weighted by Crippen LogP contribution is 2.13. The number of nitrogens with zero attached hydrogens (tertiary/aromatic N) is 2. The third-order valence-corrected chi connectivity index (χ3v) is 3.27. The molecule has 1 amide bonds. The van der Waals surface area contributed by atoms with Crippen molar-refractivity contribution < 1.29 is 4.79 Å². The van der Waals surface area contributed by atoms with Gasteiger partial charge in [0.25, 0.3) is 0 Å². The molecule has 0 bridgehead atoms. The molecule has 0 fully saturated rings. The van der Waals surface area contributed by atoms with Gasteiger partial charge in [-0.1, -0.05) is 36.5 Å². The van der Waals surface area contributed by atoms with E-state index in [2.05, 4.69) is 10.4 Å². The lowest BCUT2D eigenvalue weighted by Crippen LogP contribution is -2.18. The third kappa shape index (κ3) is 3.88. The molecule has 2 rings (SSSR count). The summed E-state index contributed by atoms with van der Waals surface area (Å²) >= 11 is 4.90. The Kier molecular flexibility index (Phi) is 4.70. The van der Waals surface area contributed by atoms with Crippen LogP contribution >= 0.6 is 12.2 Å². The molecule has 0 unspecified atom stereocenters. The Labute approximate surface area is 129 Å². The van der Waals surface area contributed by atoms with Gasteiger partial charge in [0.15, 0.2) is 0 Å². The second-order valence-corrected chi connectivity index (χ2v) is 5.48. The van der Waals surface area contributed by atoms with Crippen LogP contribution in [-0.2, 0) is 11.2 Å². The van der Waals surface area contributed by atoms with Crippen molar-refractivity contribution >= 4 is 28.9 Å². The average Bonchev–Trinajstić information content (AvgIpc) is 2.87. The first-order valence-corrected chi connectivity index (χ1v) is 7.10. The fraction of sp³-hybridized carbons (Fsp3) is 0.267. The number of nitrogens with two attached hydrogens (primary N) is 1. The zero-order valence-corrected chi connectivity index (χ0v) is 12.9. The number of carbonyl (C=O) groups is 1. The fourth-order valence-corrected chi connectivity index (χ4v) is 2.12. The molecule has 0 aliphatic heterocycles. The van der Waals surface area contributed by atoms with E-state index < -0.39 is 0 Å². The van der Waals surface area contributed by atoms with Gasteiger partial charge < -0.3 is 11.1 Å². The summed E-state index contributed by atoms with van der Waals surface area (Å²) in [5.74, 6) is 0.621. The Morgan fingerprint density at radius 2 is 2.00 bits per heavy atom. The standard InChI is InChI=1S/C15H18N4OS/c1-10(2)19-13(7-8-17-19)18-14(20)9-11-3-5-12(6-4-11)15(16)21/h3-8,10H,9H2,1-2H3,(H2,16,21)(H,18,20). The molecule has 5 nitrogen and oxygen atoms in total. The molecule has 0 saturated heterocycles. The first-order chi connectivity index (χ1) is 9.97. The minimum atomic E-state index is -0.0829. The van der Waals surface area contributed by atoms with Gasteiger partial charge in [-0.3, -0.25) is 4.79 Å². The summed E-state index contributed by atoms with van der Waals surface area (Å²) in [5, 5.41) is 7.05. The molecule has 1 aromatic heterocycles. The van der Waals surface area contributed by atoms with Crippen molar-refractivity contribution in [2.75, 3.05) is 5.32 Å². The molecule has 3 N–H and O–H groups in total. The van der Waals surface area contributed by atoms with Crippen molar-refractivity contribution in [3.05, 3.63) is 47.7 Å². The van der Waals surface area contributed by atoms with E-state index in [1.54, 1.807) is 16.9 Å². The number of thiocarbonyl (C=S) groups is 1. The Bertz CT molecular complexity index is 646. The highest BCUT2D eigenvalue weighted by atomic mass is 32.1. The number of nitrogens with one attached hydrogen (secondary N) is 1. The zero-order valence-electron chi connectivity index (χ0n) is 12.0. The van der Waals surface area contributed by atoms with Gasteiger partial charge in [0, 0.05) is 17.7 Å². The molecule has 0 radical (unpaired) electrons. The number of amides is 1. The molecule has 1 heterocycles. The van der Waals surface area contributed by atoms with Gasteiger partial charge in [0.05, 0.1) is 12.6 Å². The number of rotatable bonds is 5. The Morgan fingerprint density at radius 3 is 2.57 bits per heavy atom. The smallest absolute Gasteiger partial charge is 0.229 e. The van der Waals surface area contributed by atoms with Crippen molar-refractivity contribution in [2.24, 2.45) is 5.73 Å². The average molecular weight is 302 g/mol. The minimum absolute atomic E-state index is 0.0829. The number of benzene rings is 1. The Balaban J connectivity index is 2.01. The Hall–Kier alpha value is -2.21. The number of hydrogen-bond acceptors (Lipinski definition) is 3. The SMILES string of the molecule is CC(C)n1nccc1NC(=O)Cc1ccc(C(N)=S)cc1. The van der Waals surface area contributed by atoms with Gasteiger partial charge >= 0.3 is 0 Å². The van der Waals surface area contributed by atoms with Gasteiger partial charge in [-0.15, -0.1) is 0 Å². The summed E-state index contributed by atoms with van der Waals surface area (Å²) in [6, 6.07) is 9.34. The van der Waals surface area contributed by atoms with Gasteiger partial charge in [0.1, 0.15) is 10.8 Å². The van der Waals surface area contributed by atoms with Crippen LogP contribution in [-0.4, -0.2) is 20.7 Å². The first-order valence-electron chi connectivity index (χ1n) is 6.69. The normalized spacial score (nSPS) is 10.6. The lowest BCUT2D eigenvalue weighted by atomic mass is 10.1. The Morgan fingerprint density at radius 1 is 1.33 bits per heavy atom. The van der Waals surface area contributed by atoms with Gasteiger partial charge in [-0.25, -0.2) is 4.68 Å². The topological polar surface area (TPSA) is 72.9 Å². The lowest BCUT2D eigenvalue weighted by molar-refractivity contribution is -0.115. The molecule has 1 aromatic carbocycles. The fourth-order valence-electron chi connectivity index (χ4n) is 1.98. The minimum Gasteiger partial charge on any atom is -0.389 e. The van der Waals surface area contributed by atoms with E-state index in [0.29, 0.717) is 17.2 Å². The van der Waals surface area contributed by atoms with E-state index in [9.17, 15) is 4.79 Å². The van der Waals surface area contributed by atoms with E-state index in [1.165, 1.54) is 0 Å². The zero-order chi connectivity index (χ0) is 15.4. The van der Waals surface area contributed by atoms with Crippen molar-refractivity contribution in [3.63, 3.8) is 0 Å². The molecule has 0 atom stereocenters. The number of anilines is 1. The molecule has 0 aliphatic rings. The summed E-state index contributed by atoms with van der Waals surface area (Å²) in [4.78, 5) is 12.4. The molecular formula is C15H18N4OS. The lowest BCUT2D eigenvalue weighted by Gasteiger charge is -2.11. The monoisotopic (exact) mass is 302 g/mol. The number of aromatic nitrogens is 2. The van der Waals surface area contributed by atoms with Crippen LogP contribution in [0.25, 0.3) is 0 Å². The third-order valence-electron chi connectivity index (χ3n) is 3.03. The van der Waals surface area contributed by atoms with E-state index in [1.807, 2.05) is 38.1 Å². The predicted octanol–water partition coefficient (Wildman–Crippen LogP) is 2.28. The van der Waals surface area contributed by atoms with E-state index in [0.717, 1.165) is 11.1 Å². The van der Waals surface area contributed by atoms with Crippen LogP contribution in [0.1, 0.15) is 31.0 Å². The van der Waals surface area contributed by atoms with Crippen molar-refractivity contribution in [3.8, 4) is 0 Å². The van der Waals surface area contributed by atoms with Crippen molar-refractivity contribution in [2.45, 2.75) is 26.3 Å². The van der Waals surface area contributed by atoms with Crippen molar-refractivity contribution in [1.29, 1.82) is 0 Å².